The molecule has 41 heavy (non-hydrogen) atoms. The highest BCUT2D eigenvalue weighted by atomic mass is 16.5. The number of β-amino-alcohol motifs (C(OH)–C–C–N with tert-alkyl or cyclic N) is 1. The summed E-state index contributed by atoms with van der Waals surface area (Å²) < 4.78 is 16.5. The fraction of sp³-hybridized carbons (Fsp3) is 0.533. The molecule has 2 aliphatic rings. The monoisotopic (exact) mass is 564 g/mol. The van der Waals surface area contributed by atoms with E-state index in [4.69, 9.17) is 13.9 Å². The van der Waals surface area contributed by atoms with E-state index < -0.39 is 6.10 Å². The molecule has 1 fully saturated rings. The summed E-state index contributed by atoms with van der Waals surface area (Å²) in [7, 11) is 1.93. The number of benzene rings is 1. The average molecular weight is 565 g/mol. The van der Waals surface area contributed by atoms with Crippen LogP contribution in [0.2, 0.25) is 0 Å². The molecule has 1 aromatic carbocycles. The molecule has 3 aromatic rings. The van der Waals surface area contributed by atoms with Gasteiger partial charge in [-0.1, -0.05) is 13.0 Å². The van der Waals surface area contributed by atoms with E-state index in [0.717, 1.165) is 49.7 Å². The lowest BCUT2D eigenvalue weighted by atomic mass is 9.98. The number of hydrogen-bond donors (Lipinski definition) is 2. The lowest BCUT2D eigenvalue weighted by Gasteiger charge is -2.30. The second-order valence-corrected chi connectivity index (χ2v) is 10.9. The number of Topliss-reactive ketones (excluding diaryl/α,β-unsaturated/α-hetero) is 1. The average Bonchev–Trinajstić information content (AvgIpc) is 3.36. The minimum absolute atomic E-state index is 0.0949. The van der Waals surface area contributed by atoms with Gasteiger partial charge in [0.05, 0.1) is 31.1 Å². The summed E-state index contributed by atoms with van der Waals surface area (Å²) in [6, 6.07) is 8.04. The molecule has 2 N–H and O–H groups in total. The third-order valence-electron chi connectivity index (χ3n) is 7.55. The van der Waals surface area contributed by atoms with Crippen LogP contribution in [0.5, 0.6) is 5.75 Å². The Morgan fingerprint density at radius 3 is 2.85 bits per heavy atom. The molecule has 0 amide bonds. The topological polar surface area (TPSA) is 126 Å². The summed E-state index contributed by atoms with van der Waals surface area (Å²) in [5.74, 6) is 2.59. The van der Waals surface area contributed by atoms with Crippen LogP contribution in [-0.4, -0.2) is 82.8 Å². The Hall–Kier alpha value is -3.54. The summed E-state index contributed by atoms with van der Waals surface area (Å²) in [6.07, 6.45) is 3.23. The Bertz CT molecular complexity index is 1330. The Kier molecular flexibility index (Phi) is 9.48. The van der Waals surface area contributed by atoms with Gasteiger partial charge in [-0.3, -0.25) is 9.69 Å². The molecular weight excluding hydrogens is 524 g/mol. The van der Waals surface area contributed by atoms with Gasteiger partial charge in [0, 0.05) is 45.7 Å². The van der Waals surface area contributed by atoms with Gasteiger partial charge in [0.1, 0.15) is 23.9 Å². The van der Waals surface area contributed by atoms with E-state index in [-0.39, 0.29) is 18.2 Å². The molecule has 1 saturated heterocycles. The first-order valence-electron chi connectivity index (χ1n) is 14.4. The highest BCUT2D eigenvalue weighted by molar-refractivity contribution is 5.95. The quantitative estimate of drug-likeness (QED) is 0.280. The van der Waals surface area contributed by atoms with Gasteiger partial charge in [-0.15, -0.1) is 0 Å². The second kappa shape index (κ2) is 13.4. The molecule has 5 rings (SSSR count). The van der Waals surface area contributed by atoms with Crippen molar-refractivity contribution in [3.8, 4) is 5.75 Å². The summed E-state index contributed by atoms with van der Waals surface area (Å²) in [5.41, 5.74) is 3.69. The molecule has 0 spiro atoms. The SMILES string of the molecule is CCCN(C)c1nc(NC2COC2)cc(C(=O)CC[C@H](O)CN2CCc3cc(OCc4ocnc4C)ccc3C2)n1. The summed E-state index contributed by atoms with van der Waals surface area (Å²) >= 11 is 0. The fourth-order valence-electron chi connectivity index (χ4n) is 5.05. The minimum Gasteiger partial charge on any atom is -0.486 e. The van der Waals surface area contributed by atoms with E-state index in [2.05, 4.69) is 44.2 Å². The van der Waals surface area contributed by atoms with Crippen LogP contribution in [0, 0.1) is 6.92 Å². The van der Waals surface area contributed by atoms with E-state index in [9.17, 15) is 9.90 Å². The zero-order valence-corrected chi connectivity index (χ0v) is 24.1. The molecule has 0 bridgehead atoms. The molecule has 0 radical (unpaired) electrons. The van der Waals surface area contributed by atoms with Crippen molar-refractivity contribution in [1.29, 1.82) is 0 Å². The third-order valence-corrected chi connectivity index (χ3v) is 7.55. The maximum atomic E-state index is 13.1. The zero-order chi connectivity index (χ0) is 28.8. The standard InChI is InChI=1S/C30H40N6O5/c1-4-10-35(3)30-33-26(13-29(34-30)32-23-16-39-17-23)27(38)8-6-24(37)15-36-11-9-21-12-25(7-5-22(21)14-36)40-18-28-20(2)31-19-41-28/h5,7,12-13,19,23-24,37H,4,6,8-11,14-18H2,1-3H3,(H,32,33,34)/t24-/m0/s1. The number of ether oxygens (including phenoxy) is 2. The number of fused-ring (bicyclic) bond motifs is 1. The van der Waals surface area contributed by atoms with E-state index in [1.165, 1.54) is 17.5 Å². The predicted molar refractivity (Wildman–Crippen MR) is 154 cm³/mol. The summed E-state index contributed by atoms with van der Waals surface area (Å²) in [5, 5.41) is 14.1. The van der Waals surface area contributed by atoms with Crippen LogP contribution in [0.3, 0.4) is 0 Å². The van der Waals surface area contributed by atoms with E-state index >= 15 is 0 Å². The van der Waals surface area contributed by atoms with Gasteiger partial charge in [-0.25, -0.2) is 9.97 Å². The van der Waals surface area contributed by atoms with E-state index in [1.807, 2.05) is 24.9 Å². The molecule has 4 heterocycles. The third kappa shape index (κ3) is 7.60. The molecule has 2 aromatic heterocycles. The smallest absolute Gasteiger partial charge is 0.227 e. The molecule has 0 unspecified atom stereocenters. The van der Waals surface area contributed by atoms with Crippen molar-refractivity contribution in [3.63, 3.8) is 0 Å². The molecule has 11 nitrogen and oxygen atoms in total. The van der Waals surface area contributed by atoms with Crippen molar-refractivity contribution in [1.82, 2.24) is 19.9 Å². The van der Waals surface area contributed by atoms with Gasteiger partial charge < -0.3 is 29.2 Å². The molecule has 11 heteroatoms. The highest BCUT2D eigenvalue weighted by Crippen LogP contribution is 2.25. The summed E-state index contributed by atoms with van der Waals surface area (Å²) in [6.45, 7) is 8.47. The Morgan fingerprint density at radius 2 is 2.12 bits per heavy atom. The van der Waals surface area contributed by atoms with Crippen molar-refractivity contribution in [2.24, 2.45) is 0 Å². The number of aryl methyl sites for hydroxylation is 1. The molecular formula is C30H40N6O5. The Labute approximate surface area is 240 Å². The first-order valence-corrected chi connectivity index (χ1v) is 14.4. The van der Waals surface area contributed by atoms with Gasteiger partial charge in [0.25, 0.3) is 0 Å². The number of rotatable bonds is 14. The number of aromatic nitrogens is 3. The molecule has 0 aliphatic carbocycles. The number of hydrogen-bond acceptors (Lipinski definition) is 11. The number of nitrogens with zero attached hydrogens (tertiary/aromatic N) is 5. The van der Waals surface area contributed by atoms with Crippen molar-refractivity contribution < 1.29 is 23.8 Å². The lowest BCUT2D eigenvalue weighted by molar-refractivity contribution is 0.0209. The molecule has 2 aliphatic heterocycles. The first kappa shape index (κ1) is 29.0. The van der Waals surface area contributed by atoms with Crippen LogP contribution in [0.1, 0.15) is 59.3 Å². The maximum absolute atomic E-state index is 13.1. The van der Waals surface area contributed by atoms with Gasteiger partial charge >= 0.3 is 0 Å². The van der Waals surface area contributed by atoms with Crippen molar-refractivity contribution >= 4 is 17.5 Å². The fourth-order valence-corrected chi connectivity index (χ4v) is 5.05. The van der Waals surface area contributed by atoms with Crippen LogP contribution in [0.4, 0.5) is 11.8 Å². The first-order chi connectivity index (χ1) is 19.9. The van der Waals surface area contributed by atoms with Crippen molar-refractivity contribution in [2.75, 3.05) is 50.1 Å². The summed E-state index contributed by atoms with van der Waals surface area (Å²) in [4.78, 5) is 30.6. The minimum atomic E-state index is -0.609. The van der Waals surface area contributed by atoms with Crippen LogP contribution in [0.25, 0.3) is 0 Å². The number of oxazole rings is 1. The molecule has 220 valence electrons. The largest absolute Gasteiger partial charge is 0.486 e. The second-order valence-electron chi connectivity index (χ2n) is 10.9. The number of aliphatic hydroxyl groups is 1. The highest BCUT2D eigenvalue weighted by Gasteiger charge is 2.23. The number of anilines is 2. The van der Waals surface area contributed by atoms with E-state index in [0.29, 0.717) is 50.2 Å². The number of carbonyl (C=O) groups excluding carboxylic acids is 1. The Balaban J connectivity index is 1.12. The predicted octanol–water partition coefficient (Wildman–Crippen LogP) is 3.39. The van der Waals surface area contributed by atoms with Crippen molar-refractivity contribution in [3.05, 3.63) is 58.9 Å². The van der Waals surface area contributed by atoms with Gasteiger partial charge in [0.2, 0.25) is 5.95 Å². The van der Waals surface area contributed by atoms with Gasteiger partial charge in [0.15, 0.2) is 17.9 Å². The normalized spacial score (nSPS) is 16.1. The Morgan fingerprint density at radius 1 is 1.27 bits per heavy atom. The van der Waals surface area contributed by atoms with Crippen molar-refractivity contribution in [2.45, 2.75) is 64.8 Å². The number of aliphatic hydroxyl groups excluding tert-OH is 1. The number of ketones is 1. The number of nitrogens with one attached hydrogen (secondary N) is 1. The van der Waals surface area contributed by atoms with Gasteiger partial charge in [-0.2, -0.15) is 4.98 Å². The lowest BCUT2D eigenvalue weighted by Crippen LogP contribution is -2.40. The van der Waals surface area contributed by atoms with E-state index in [1.54, 1.807) is 6.07 Å². The number of carbonyl (C=O) groups is 1. The zero-order valence-electron chi connectivity index (χ0n) is 24.1. The van der Waals surface area contributed by atoms with Gasteiger partial charge in [-0.05, 0) is 49.4 Å². The molecule has 1 atom stereocenters. The maximum Gasteiger partial charge on any atom is 0.227 e. The van der Waals surface area contributed by atoms with Crippen LogP contribution in [-0.2, 0) is 24.3 Å². The van der Waals surface area contributed by atoms with Crippen LogP contribution >= 0.6 is 0 Å². The van der Waals surface area contributed by atoms with Crippen LogP contribution < -0.4 is 15.0 Å². The van der Waals surface area contributed by atoms with Crippen LogP contribution in [0.15, 0.2) is 35.1 Å². The molecule has 0 saturated carbocycles.